The van der Waals surface area contributed by atoms with Crippen LogP contribution in [0.4, 0.5) is 5.69 Å². The van der Waals surface area contributed by atoms with Crippen LogP contribution in [0.2, 0.25) is 0 Å². The maximum absolute atomic E-state index is 12.3. The van der Waals surface area contributed by atoms with Gasteiger partial charge in [0, 0.05) is 10.4 Å². The van der Waals surface area contributed by atoms with Crippen LogP contribution in [0.3, 0.4) is 0 Å². The molecule has 1 amide bonds. The van der Waals surface area contributed by atoms with Gasteiger partial charge in [0.1, 0.15) is 0 Å². The number of hydrogen-bond acceptors (Lipinski definition) is 1. The molecule has 0 aliphatic heterocycles. The van der Waals surface area contributed by atoms with Crippen molar-refractivity contribution in [1.82, 2.24) is 0 Å². The summed E-state index contributed by atoms with van der Waals surface area (Å²) in [5, 5.41) is 3.08. The van der Waals surface area contributed by atoms with Gasteiger partial charge in [0.05, 0.1) is 5.69 Å². The van der Waals surface area contributed by atoms with E-state index in [0.29, 0.717) is 11.8 Å². The first-order valence-corrected chi connectivity index (χ1v) is 7.53. The summed E-state index contributed by atoms with van der Waals surface area (Å²) in [7, 11) is 0. The molecule has 18 heavy (non-hydrogen) atoms. The second-order valence-electron chi connectivity index (χ2n) is 5.61. The van der Waals surface area contributed by atoms with Gasteiger partial charge in [0.25, 0.3) is 0 Å². The topological polar surface area (TPSA) is 29.1 Å². The van der Waals surface area contributed by atoms with Crippen molar-refractivity contribution in [1.29, 1.82) is 0 Å². The lowest BCUT2D eigenvalue weighted by molar-refractivity contribution is -0.117. The summed E-state index contributed by atoms with van der Waals surface area (Å²) in [4.78, 5) is 12.3. The smallest absolute Gasteiger partial charge is 0.228 e. The van der Waals surface area contributed by atoms with Gasteiger partial charge in [-0.2, -0.15) is 0 Å². The summed E-state index contributed by atoms with van der Waals surface area (Å²) in [6.45, 7) is 2.04. The van der Waals surface area contributed by atoms with Gasteiger partial charge in [-0.1, -0.05) is 18.9 Å². The molecule has 0 saturated heterocycles. The first kappa shape index (κ1) is 12.2. The van der Waals surface area contributed by atoms with Crippen molar-refractivity contribution < 1.29 is 4.79 Å². The van der Waals surface area contributed by atoms with Crippen LogP contribution in [-0.4, -0.2) is 5.91 Å². The predicted molar refractivity (Wildman–Crippen MR) is 76.4 cm³/mol. The molecule has 2 aliphatic rings. The number of amides is 1. The van der Waals surface area contributed by atoms with E-state index in [4.69, 9.17) is 0 Å². The van der Waals surface area contributed by atoms with Gasteiger partial charge in [0.15, 0.2) is 0 Å². The summed E-state index contributed by atoms with van der Waals surface area (Å²) in [5.74, 6) is 1.84. The molecular formula is C15H18BrNO. The van der Waals surface area contributed by atoms with E-state index in [9.17, 15) is 4.79 Å². The Hall–Kier alpha value is -0.830. The lowest BCUT2D eigenvalue weighted by atomic mass is 10.0. The first-order chi connectivity index (χ1) is 8.66. The fourth-order valence-electron chi connectivity index (χ4n) is 3.33. The standard InChI is InChI=1S/C15H18BrNO/c1-9-6-7-12(16)13(8-9)17-15(18)14-10-4-2-3-5-11(10)14/h6-8,10-11,14H,2-5H2,1H3,(H,17,18). The van der Waals surface area contributed by atoms with Crippen LogP contribution < -0.4 is 5.32 Å². The van der Waals surface area contributed by atoms with E-state index in [2.05, 4.69) is 21.2 Å². The van der Waals surface area contributed by atoms with Crippen LogP contribution in [0.5, 0.6) is 0 Å². The average Bonchev–Trinajstić information content (AvgIpc) is 3.08. The van der Waals surface area contributed by atoms with Crippen LogP contribution in [0.25, 0.3) is 0 Å². The second kappa shape index (κ2) is 4.69. The zero-order valence-electron chi connectivity index (χ0n) is 10.6. The Morgan fingerprint density at radius 3 is 2.61 bits per heavy atom. The molecule has 2 saturated carbocycles. The van der Waals surface area contributed by atoms with E-state index < -0.39 is 0 Å². The highest BCUT2D eigenvalue weighted by molar-refractivity contribution is 9.10. The maximum Gasteiger partial charge on any atom is 0.228 e. The highest BCUT2D eigenvalue weighted by atomic mass is 79.9. The molecule has 3 heteroatoms. The predicted octanol–water partition coefficient (Wildman–Crippen LogP) is 4.13. The van der Waals surface area contributed by atoms with Gasteiger partial charge in [-0.15, -0.1) is 0 Å². The van der Waals surface area contributed by atoms with Crippen LogP contribution in [-0.2, 0) is 4.79 Å². The summed E-state index contributed by atoms with van der Waals surface area (Å²) >= 11 is 3.49. The molecule has 0 spiro atoms. The van der Waals surface area contributed by atoms with Crippen molar-refractivity contribution in [3.8, 4) is 0 Å². The van der Waals surface area contributed by atoms with E-state index in [1.807, 2.05) is 25.1 Å². The Balaban J connectivity index is 1.69. The Bertz CT molecular complexity index is 473. The van der Waals surface area contributed by atoms with Crippen LogP contribution in [0.1, 0.15) is 31.2 Å². The van der Waals surface area contributed by atoms with E-state index >= 15 is 0 Å². The quantitative estimate of drug-likeness (QED) is 0.874. The highest BCUT2D eigenvalue weighted by Gasteiger charge is 2.54. The minimum atomic E-state index is 0.221. The molecule has 2 atom stereocenters. The minimum Gasteiger partial charge on any atom is -0.325 e. The fraction of sp³-hybridized carbons (Fsp3) is 0.533. The Morgan fingerprint density at radius 1 is 1.28 bits per heavy atom. The normalized spacial score (nSPS) is 29.6. The number of nitrogens with one attached hydrogen (secondary N) is 1. The molecule has 1 N–H and O–H groups in total. The Kier molecular flexibility index (Phi) is 3.18. The average molecular weight is 308 g/mol. The summed E-state index contributed by atoms with van der Waals surface area (Å²) in [5.41, 5.74) is 2.07. The molecule has 0 bridgehead atoms. The number of benzene rings is 1. The van der Waals surface area contributed by atoms with Crippen LogP contribution >= 0.6 is 15.9 Å². The number of anilines is 1. The molecular weight excluding hydrogens is 290 g/mol. The molecule has 2 nitrogen and oxygen atoms in total. The number of rotatable bonds is 2. The number of hydrogen-bond donors (Lipinski definition) is 1. The van der Waals surface area contributed by atoms with Crippen molar-refractivity contribution in [3.05, 3.63) is 28.2 Å². The molecule has 2 fully saturated rings. The molecule has 96 valence electrons. The number of aryl methyl sites for hydroxylation is 1. The number of carbonyl (C=O) groups excluding carboxylic acids is 1. The maximum atomic E-state index is 12.3. The lowest BCUT2D eigenvalue weighted by Crippen LogP contribution is -2.15. The van der Waals surface area contributed by atoms with Gasteiger partial charge in [-0.05, 0) is 65.2 Å². The first-order valence-electron chi connectivity index (χ1n) is 6.74. The zero-order valence-corrected chi connectivity index (χ0v) is 12.2. The summed E-state index contributed by atoms with van der Waals surface area (Å²) in [6, 6.07) is 6.05. The van der Waals surface area contributed by atoms with Gasteiger partial charge in [0.2, 0.25) is 5.91 Å². The summed E-state index contributed by atoms with van der Waals surface area (Å²) in [6.07, 6.45) is 5.10. The monoisotopic (exact) mass is 307 g/mol. The molecule has 1 aromatic rings. The van der Waals surface area contributed by atoms with Crippen molar-refractivity contribution in [2.45, 2.75) is 32.6 Å². The zero-order chi connectivity index (χ0) is 12.7. The summed E-state index contributed by atoms with van der Waals surface area (Å²) < 4.78 is 0.963. The minimum absolute atomic E-state index is 0.221. The second-order valence-corrected chi connectivity index (χ2v) is 6.46. The molecule has 2 unspecified atom stereocenters. The third kappa shape index (κ3) is 2.20. The van der Waals surface area contributed by atoms with E-state index in [1.165, 1.54) is 31.2 Å². The van der Waals surface area contributed by atoms with Gasteiger partial charge in [-0.3, -0.25) is 4.79 Å². The van der Waals surface area contributed by atoms with Crippen molar-refractivity contribution in [2.75, 3.05) is 5.32 Å². The third-order valence-electron chi connectivity index (χ3n) is 4.34. The Labute approximate surface area is 116 Å². The van der Waals surface area contributed by atoms with Gasteiger partial charge >= 0.3 is 0 Å². The third-order valence-corrected chi connectivity index (χ3v) is 5.03. The van der Waals surface area contributed by atoms with Gasteiger partial charge in [-0.25, -0.2) is 0 Å². The Morgan fingerprint density at radius 2 is 1.94 bits per heavy atom. The number of halogens is 1. The van der Waals surface area contributed by atoms with E-state index in [1.54, 1.807) is 0 Å². The highest BCUT2D eigenvalue weighted by Crippen LogP contribution is 2.55. The molecule has 0 radical (unpaired) electrons. The SMILES string of the molecule is Cc1ccc(Br)c(NC(=O)C2C3CCCCC32)c1. The molecule has 3 rings (SSSR count). The largest absolute Gasteiger partial charge is 0.325 e. The van der Waals surface area contributed by atoms with Crippen molar-refractivity contribution in [3.63, 3.8) is 0 Å². The lowest BCUT2D eigenvalue weighted by Gasteiger charge is -2.08. The molecule has 0 aromatic heterocycles. The van der Waals surface area contributed by atoms with E-state index in [-0.39, 0.29) is 11.8 Å². The van der Waals surface area contributed by atoms with Crippen molar-refractivity contribution >= 4 is 27.5 Å². The number of fused-ring (bicyclic) bond motifs is 1. The van der Waals surface area contributed by atoms with Crippen molar-refractivity contribution in [2.24, 2.45) is 17.8 Å². The van der Waals surface area contributed by atoms with E-state index in [0.717, 1.165) is 10.2 Å². The molecule has 0 heterocycles. The molecule has 1 aromatic carbocycles. The molecule has 2 aliphatic carbocycles. The van der Waals surface area contributed by atoms with Crippen LogP contribution in [0.15, 0.2) is 22.7 Å². The fourth-order valence-corrected chi connectivity index (χ4v) is 3.68. The van der Waals surface area contributed by atoms with Crippen LogP contribution in [0, 0.1) is 24.7 Å². The number of carbonyl (C=O) groups is 1. The van der Waals surface area contributed by atoms with Gasteiger partial charge < -0.3 is 5.32 Å².